The zero-order valence-electron chi connectivity index (χ0n) is 10.0. The Bertz CT molecular complexity index is 155. The van der Waals surface area contributed by atoms with Crippen LogP contribution in [-0.4, -0.2) is 46.9 Å². The van der Waals surface area contributed by atoms with E-state index in [-0.39, 0.29) is 9.52 Å². The minimum absolute atomic E-state index is 0.0243. The highest BCUT2D eigenvalue weighted by atomic mass is 28.2. The summed E-state index contributed by atoms with van der Waals surface area (Å²) < 4.78 is 6.04. The van der Waals surface area contributed by atoms with Crippen LogP contribution in [0.1, 0.15) is 32.1 Å². The Morgan fingerprint density at radius 1 is 1.36 bits per heavy atom. The van der Waals surface area contributed by atoms with Gasteiger partial charge in [0.2, 0.25) is 0 Å². The molecular formula is C11H25NOSi. The van der Waals surface area contributed by atoms with Crippen molar-refractivity contribution in [2.75, 3.05) is 27.2 Å². The van der Waals surface area contributed by atoms with Crippen LogP contribution in [0.3, 0.4) is 0 Å². The molecular weight excluding hydrogens is 190 g/mol. The summed E-state index contributed by atoms with van der Waals surface area (Å²) in [5, 5.41) is 0.369. The van der Waals surface area contributed by atoms with Crippen molar-refractivity contribution in [3.63, 3.8) is 0 Å². The molecule has 0 aliphatic carbocycles. The summed E-state index contributed by atoms with van der Waals surface area (Å²) in [4.78, 5) is 2.27. The summed E-state index contributed by atoms with van der Waals surface area (Å²) >= 11 is 0. The first kappa shape index (κ1) is 12.2. The van der Waals surface area contributed by atoms with Crippen molar-refractivity contribution in [3.05, 3.63) is 0 Å². The molecule has 0 N–H and O–H groups in total. The van der Waals surface area contributed by atoms with Crippen molar-refractivity contribution in [2.45, 2.75) is 43.9 Å². The third-order valence-corrected chi connectivity index (χ3v) is 5.52. The fourth-order valence-corrected chi connectivity index (χ4v) is 3.84. The molecule has 14 heavy (non-hydrogen) atoms. The third-order valence-electron chi connectivity index (χ3n) is 3.32. The van der Waals surface area contributed by atoms with Gasteiger partial charge in [-0.15, -0.1) is 0 Å². The van der Waals surface area contributed by atoms with Gasteiger partial charge in [-0.3, -0.25) is 0 Å². The predicted octanol–water partition coefficient (Wildman–Crippen LogP) is 1.44. The average Bonchev–Trinajstić information content (AvgIpc) is 2.19. The first-order valence-electron chi connectivity index (χ1n) is 5.97. The fourth-order valence-electron chi connectivity index (χ4n) is 2.28. The van der Waals surface area contributed by atoms with Crippen LogP contribution in [0, 0.1) is 0 Å². The van der Waals surface area contributed by atoms with Crippen LogP contribution < -0.4 is 0 Å². The molecule has 1 fully saturated rings. The van der Waals surface area contributed by atoms with E-state index < -0.39 is 0 Å². The van der Waals surface area contributed by atoms with E-state index >= 15 is 0 Å². The molecule has 0 radical (unpaired) electrons. The maximum atomic E-state index is 6.04. The molecule has 84 valence electrons. The van der Waals surface area contributed by atoms with Gasteiger partial charge < -0.3 is 9.64 Å². The quantitative estimate of drug-likeness (QED) is 0.644. The van der Waals surface area contributed by atoms with Crippen LogP contribution in [-0.2, 0) is 4.74 Å². The van der Waals surface area contributed by atoms with Crippen LogP contribution >= 0.6 is 0 Å². The second-order valence-corrected chi connectivity index (χ2v) is 6.74. The van der Waals surface area contributed by atoms with Gasteiger partial charge in [-0.1, -0.05) is 6.55 Å². The summed E-state index contributed by atoms with van der Waals surface area (Å²) in [7, 11) is 4.28. The van der Waals surface area contributed by atoms with Gasteiger partial charge in [0.1, 0.15) is 0 Å². The SMILES string of the molecule is C[SiH2]C1(CCCN(C)C)CCCCO1. The summed E-state index contributed by atoms with van der Waals surface area (Å²) in [5.41, 5.74) is 0. The van der Waals surface area contributed by atoms with E-state index in [1.165, 1.54) is 38.6 Å². The molecule has 1 heterocycles. The monoisotopic (exact) mass is 215 g/mol. The zero-order chi connectivity index (χ0) is 10.4. The lowest BCUT2D eigenvalue weighted by molar-refractivity contribution is -0.0268. The second-order valence-electron chi connectivity index (χ2n) is 4.75. The van der Waals surface area contributed by atoms with Crippen molar-refractivity contribution in [3.8, 4) is 0 Å². The van der Waals surface area contributed by atoms with Gasteiger partial charge in [0.25, 0.3) is 0 Å². The third kappa shape index (κ3) is 3.71. The Balaban J connectivity index is 2.29. The van der Waals surface area contributed by atoms with Crippen LogP contribution in [0.15, 0.2) is 0 Å². The summed E-state index contributed by atoms with van der Waals surface area (Å²) in [6, 6.07) is 0. The Kier molecular flexibility index (Phi) is 5.13. The molecule has 1 unspecified atom stereocenters. The minimum atomic E-state index is -0.0243. The lowest BCUT2D eigenvalue weighted by atomic mass is 10.0. The van der Waals surface area contributed by atoms with E-state index in [1.54, 1.807) is 0 Å². The summed E-state index contributed by atoms with van der Waals surface area (Å²) in [5.74, 6) is 0. The Morgan fingerprint density at radius 2 is 2.14 bits per heavy atom. The fraction of sp³-hybridized carbons (Fsp3) is 1.00. The molecule has 1 atom stereocenters. The number of hydrogen-bond donors (Lipinski definition) is 0. The molecule has 1 saturated heterocycles. The summed E-state index contributed by atoms with van der Waals surface area (Å²) in [6.45, 7) is 4.63. The molecule has 0 aromatic heterocycles. The molecule has 2 nitrogen and oxygen atoms in total. The van der Waals surface area contributed by atoms with E-state index in [4.69, 9.17) is 4.74 Å². The number of hydrogen-bond acceptors (Lipinski definition) is 2. The van der Waals surface area contributed by atoms with Crippen molar-refractivity contribution >= 4 is 9.52 Å². The highest BCUT2D eigenvalue weighted by Gasteiger charge is 2.30. The largest absolute Gasteiger partial charge is 0.379 e. The topological polar surface area (TPSA) is 12.5 Å². The van der Waals surface area contributed by atoms with E-state index in [0.29, 0.717) is 5.22 Å². The van der Waals surface area contributed by atoms with Gasteiger partial charge >= 0.3 is 0 Å². The maximum Gasteiger partial charge on any atom is 0.0564 e. The molecule has 1 rings (SSSR count). The van der Waals surface area contributed by atoms with Gasteiger partial charge in [0, 0.05) is 6.61 Å². The Morgan fingerprint density at radius 3 is 2.64 bits per heavy atom. The van der Waals surface area contributed by atoms with Crippen molar-refractivity contribution in [1.29, 1.82) is 0 Å². The number of rotatable bonds is 5. The Hall–Kier alpha value is 0.137. The number of nitrogens with zero attached hydrogens (tertiary/aromatic N) is 1. The van der Waals surface area contributed by atoms with Gasteiger partial charge in [-0.25, -0.2) is 0 Å². The van der Waals surface area contributed by atoms with Crippen molar-refractivity contribution < 1.29 is 4.74 Å². The molecule has 0 spiro atoms. The molecule has 0 bridgehead atoms. The first-order chi connectivity index (χ1) is 6.68. The zero-order valence-corrected chi connectivity index (χ0v) is 11.4. The van der Waals surface area contributed by atoms with Gasteiger partial charge in [0.05, 0.1) is 14.7 Å². The van der Waals surface area contributed by atoms with Crippen LogP contribution in [0.25, 0.3) is 0 Å². The highest BCUT2D eigenvalue weighted by molar-refractivity contribution is 6.37. The van der Waals surface area contributed by atoms with Gasteiger partial charge in [0.15, 0.2) is 0 Å². The molecule has 0 amide bonds. The molecule has 1 aliphatic rings. The summed E-state index contributed by atoms with van der Waals surface area (Å²) in [6.07, 6.45) is 6.61. The average molecular weight is 215 g/mol. The van der Waals surface area contributed by atoms with Crippen LogP contribution in [0.4, 0.5) is 0 Å². The van der Waals surface area contributed by atoms with Crippen molar-refractivity contribution in [2.24, 2.45) is 0 Å². The van der Waals surface area contributed by atoms with Crippen molar-refractivity contribution in [1.82, 2.24) is 4.90 Å². The van der Waals surface area contributed by atoms with Gasteiger partial charge in [-0.05, 0) is 52.7 Å². The lowest BCUT2D eigenvalue weighted by Crippen LogP contribution is -2.41. The normalized spacial score (nSPS) is 29.1. The van der Waals surface area contributed by atoms with Crippen LogP contribution in [0.2, 0.25) is 6.55 Å². The smallest absolute Gasteiger partial charge is 0.0564 e. The second kappa shape index (κ2) is 5.88. The predicted molar refractivity (Wildman–Crippen MR) is 64.7 cm³/mol. The molecule has 0 saturated carbocycles. The highest BCUT2D eigenvalue weighted by Crippen LogP contribution is 2.28. The lowest BCUT2D eigenvalue weighted by Gasteiger charge is -2.37. The minimum Gasteiger partial charge on any atom is -0.379 e. The van der Waals surface area contributed by atoms with E-state index in [0.717, 1.165) is 6.61 Å². The van der Waals surface area contributed by atoms with E-state index in [9.17, 15) is 0 Å². The van der Waals surface area contributed by atoms with E-state index in [1.807, 2.05) is 0 Å². The molecule has 3 heteroatoms. The maximum absolute atomic E-state index is 6.04. The molecule has 1 aliphatic heterocycles. The molecule has 0 aromatic carbocycles. The van der Waals surface area contributed by atoms with Gasteiger partial charge in [-0.2, -0.15) is 0 Å². The van der Waals surface area contributed by atoms with E-state index in [2.05, 4.69) is 25.5 Å². The standard InChI is InChI=1S/C11H25NOSi/c1-12(2)9-6-8-11(14-3)7-4-5-10-13-11/h4-10,14H2,1-3H3. The van der Waals surface area contributed by atoms with Crippen LogP contribution in [0.5, 0.6) is 0 Å². The molecule has 0 aromatic rings. The number of ether oxygens (including phenoxy) is 1. The Labute approximate surface area is 90.8 Å². The first-order valence-corrected chi connectivity index (χ1v) is 8.09.